The van der Waals surface area contributed by atoms with Crippen molar-refractivity contribution < 1.29 is 19.1 Å². The molecule has 0 aliphatic carbocycles. The van der Waals surface area contributed by atoms with Crippen molar-refractivity contribution in [3.8, 4) is 5.75 Å². The Kier molecular flexibility index (Phi) is 5.53. The highest BCUT2D eigenvalue weighted by Crippen LogP contribution is 2.33. The number of amides is 4. The number of hydrogen-bond acceptors (Lipinski definition) is 4. The van der Waals surface area contributed by atoms with E-state index in [1.54, 1.807) is 12.1 Å². The fourth-order valence-corrected chi connectivity index (χ4v) is 3.78. The molecule has 1 fully saturated rings. The van der Waals surface area contributed by atoms with Crippen molar-refractivity contribution in [3.05, 3.63) is 76.9 Å². The Morgan fingerprint density at radius 2 is 1.69 bits per heavy atom. The van der Waals surface area contributed by atoms with Crippen molar-refractivity contribution in [1.29, 1.82) is 0 Å². The summed E-state index contributed by atoms with van der Waals surface area (Å²) in [7, 11) is 0. The Balaban J connectivity index is 1.89. The van der Waals surface area contributed by atoms with Crippen LogP contribution >= 0.6 is 0 Å². The molecule has 0 radical (unpaired) electrons. The van der Waals surface area contributed by atoms with E-state index in [1.807, 2.05) is 70.2 Å². The SMILES string of the molecule is Cc1cccc(N2C(=O)NC(=O)/C(=C\c3c(OC(C)C)ccc4ccccc34)C2=O)c1C. The van der Waals surface area contributed by atoms with Crippen molar-refractivity contribution in [2.24, 2.45) is 0 Å². The lowest BCUT2D eigenvalue weighted by atomic mass is 9.99. The molecular formula is C26H24N2O4. The van der Waals surface area contributed by atoms with Gasteiger partial charge in [-0.1, -0.05) is 42.5 Å². The molecule has 1 N–H and O–H groups in total. The fraction of sp³-hybridized carbons (Fsp3) is 0.192. The summed E-state index contributed by atoms with van der Waals surface area (Å²) < 4.78 is 5.96. The smallest absolute Gasteiger partial charge is 0.335 e. The molecule has 6 heteroatoms. The van der Waals surface area contributed by atoms with Crippen LogP contribution in [0.4, 0.5) is 10.5 Å². The third kappa shape index (κ3) is 3.75. The van der Waals surface area contributed by atoms with Crippen molar-refractivity contribution in [2.75, 3.05) is 4.90 Å². The van der Waals surface area contributed by atoms with Gasteiger partial charge < -0.3 is 4.74 Å². The number of carbonyl (C=O) groups excluding carboxylic acids is 3. The molecule has 0 spiro atoms. The van der Waals surface area contributed by atoms with E-state index < -0.39 is 17.8 Å². The minimum Gasteiger partial charge on any atom is -0.490 e. The van der Waals surface area contributed by atoms with E-state index in [9.17, 15) is 14.4 Å². The molecule has 6 nitrogen and oxygen atoms in total. The van der Waals surface area contributed by atoms with Gasteiger partial charge in [-0.05, 0) is 67.8 Å². The molecule has 1 saturated heterocycles. The minimum absolute atomic E-state index is 0.0998. The highest BCUT2D eigenvalue weighted by atomic mass is 16.5. The number of aryl methyl sites for hydroxylation is 1. The first-order valence-electron chi connectivity index (χ1n) is 10.4. The van der Waals surface area contributed by atoms with Gasteiger partial charge in [-0.2, -0.15) is 0 Å². The van der Waals surface area contributed by atoms with Crippen LogP contribution < -0.4 is 15.0 Å². The molecule has 32 heavy (non-hydrogen) atoms. The maximum Gasteiger partial charge on any atom is 0.335 e. The fourth-order valence-electron chi connectivity index (χ4n) is 3.78. The second-order valence-electron chi connectivity index (χ2n) is 8.04. The molecule has 3 aromatic carbocycles. The van der Waals surface area contributed by atoms with Gasteiger partial charge in [0.15, 0.2) is 0 Å². The van der Waals surface area contributed by atoms with E-state index in [0.717, 1.165) is 26.8 Å². The number of barbiturate groups is 1. The van der Waals surface area contributed by atoms with Crippen LogP contribution in [-0.2, 0) is 9.59 Å². The van der Waals surface area contributed by atoms with Crippen LogP contribution in [0.15, 0.2) is 60.2 Å². The molecule has 0 aromatic heterocycles. The largest absolute Gasteiger partial charge is 0.490 e. The Hall–Kier alpha value is -3.93. The number of imide groups is 2. The number of nitrogens with one attached hydrogen (secondary N) is 1. The Morgan fingerprint density at radius 3 is 2.44 bits per heavy atom. The van der Waals surface area contributed by atoms with Gasteiger partial charge in [0.05, 0.1) is 11.8 Å². The standard InChI is InChI=1S/C26H24N2O4/c1-15(2)32-23-13-12-18-9-5-6-10-19(18)20(23)14-21-24(29)27-26(31)28(25(21)30)22-11-7-8-16(3)17(22)4/h5-15H,1-4H3,(H,27,29,31)/b21-14+. The predicted molar refractivity (Wildman–Crippen MR) is 125 cm³/mol. The van der Waals surface area contributed by atoms with Gasteiger partial charge in [0.2, 0.25) is 0 Å². The monoisotopic (exact) mass is 428 g/mol. The molecule has 162 valence electrons. The molecule has 1 aliphatic heterocycles. The highest BCUT2D eigenvalue weighted by Gasteiger charge is 2.37. The van der Waals surface area contributed by atoms with Crippen molar-refractivity contribution in [1.82, 2.24) is 5.32 Å². The van der Waals surface area contributed by atoms with Crippen LogP contribution in [0.2, 0.25) is 0 Å². The van der Waals surface area contributed by atoms with E-state index in [1.165, 1.54) is 6.08 Å². The second kappa shape index (κ2) is 8.30. The van der Waals surface area contributed by atoms with Crippen molar-refractivity contribution in [2.45, 2.75) is 33.8 Å². The number of fused-ring (bicyclic) bond motifs is 1. The molecule has 1 heterocycles. The van der Waals surface area contributed by atoms with Crippen LogP contribution in [0.1, 0.15) is 30.5 Å². The summed E-state index contributed by atoms with van der Waals surface area (Å²) in [6.07, 6.45) is 1.42. The highest BCUT2D eigenvalue weighted by molar-refractivity contribution is 6.39. The number of rotatable bonds is 4. The van der Waals surface area contributed by atoms with Gasteiger partial charge in [-0.3, -0.25) is 14.9 Å². The number of benzene rings is 3. The Labute approximate surface area is 186 Å². The summed E-state index contributed by atoms with van der Waals surface area (Å²) >= 11 is 0. The zero-order valence-corrected chi connectivity index (χ0v) is 18.4. The van der Waals surface area contributed by atoms with Gasteiger partial charge in [0, 0.05) is 5.56 Å². The lowest BCUT2D eigenvalue weighted by molar-refractivity contribution is -0.122. The normalized spacial score (nSPS) is 15.6. The van der Waals surface area contributed by atoms with Gasteiger partial charge in [0.25, 0.3) is 11.8 Å². The zero-order chi connectivity index (χ0) is 23.0. The number of nitrogens with zero attached hydrogens (tertiary/aromatic N) is 1. The van der Waals surface area contributed by atoms with E-state index >= 15 is 0 Å². The van der Waals surface area contributed by atoms with Gasteiger partial charge in [0.1, 0.15) is 11.3 Å². The molecule has 0 bridgehead atoms. The lowest BCUT2D eigenvalue weighted by Crippen LogP contribution is -2.54. The van der Waals surface area contributed by atoms with Gasteiger partial charge >= 0.3 is 6.03 Å². The molecule has 0 unspecified atom stereocenters. The average molecular weight is 428 g/mol. The summed E-state index contributed by atoms with van der Waals surface area (Å²) in [4.78, 5) is 39.8. The van der Waals surface area contributed by atoms with Crippen LogP contribution in [0, 0.1) is 13.8 Å². The summed E-state index contributed by atoms with van der Waals surface area (Å²) in [6.45, 7) is 7.56. The van der Waals surface area contributed by atoms with Crippen LogP contribution in [0.5, 0.6) is 5.75 Å². The maximum absolute atomic E-state index is 13.4. The Morgan fingerprint density at radius 1 is 0.938 bits per heavy atom. The molecular weight excluding hydrogens is 404 g/mol. The van der Waals surface area contributed by atoms with Crippen LogP contribution in [-0.4, -0.2) is 23.9 Å². The molecule has 1 aliphatic rings. The molecule has 0 atom stereocenters. The lowest BCUT2D eigenvalue weighted by Gasteiger charge is -2.28. The first kappa shape index (κ1) is 21.3. The number of hydrogen-bond donors (Lipinski definition) is 1. The number of anilines is 1. The summed E-state index contributed by atoms with van der Waals surface area (Å²) in [5.74, 6) is -0.845. The summed E-state index contributed by atoms with van der Waals surface area (Å²) in [5, 5.41) is 4.09. The topological polar surface area (TPSA) is 75.7 Å². The molecule has 4 amide bonds. The molecule has 0 saturated carbocycles. The summed E-state index contributed by atoms with van der Waals surface area (Å²) in [6, 6.07) is 16.0. The minimum atomic E-state index is -0.762. The zero-order valence-electron chi connectivity index (χ0n) is 18.4. The third-order valence-electron chi connectivity index (χ3n) is 5.50. The van der Waals surface area contributed by atoms with Crippen LogP contribution in [0.25, 0.3) is 16.8 Å². The number of ether oxygens (including phenoxy) is 1. The third-order valence-corrected chi connectivity index (χ3v) is 5.50. The van der Waals surface area contributed by atoms with E-state index in [2.05, 4.69) is 5.32 Å². The quantitative estimate of drug-likeness (QED) is 0.473. The predicted octanol–water partition coefficient (Wildman–Crippen LogP) is 4.91. The van der Waals surface area contributed by atoms with E-state index in [4.69, 9.17) is 4.74 Å². The van der Waals surface area contributed by atoms with Gasteiger partial charge in [-0.25, -0.2) is 9.69 Å². The van der Waals surface area contributed by atoms with E-state index in [-0.39, 0.29) is 11.7 Å². The van der Waals surface area contributed by atoms with Crippen molar-refractivity contribution >= 4 is 40.4 Å². The van der Waals surface area contributed by atoms with Crippen LogP contribution in [0.3, 0.4) is 0 Å². The average Bonchev–Trinajstić information content (AvgIpc) is 2.74. The molecule has 3 aromatic rings. The van der Waals surface area contributed by atoms with Crippen molar-refractivity contribution in [3.63, 3.8) is 0 Å². The summed E-state index contributed by atoms with van der Waals surface area (Å²) in [5.41, 5.74) is 2.66. The first-order chi connectivity index (χ1) is 15.3. The molecule has 4 rings (SSSR count). The Bertz CT molecular complexity index is 1290. The second-order valence-corrected chi connectivity index (χ2v) is 8.04. The number of carbonyl (C=O) groups is 3. The number of urea groups is 1. The van der Waals surface area contributed by atoms with E-state index in [0.29, 0.717) is 17.0 Å². The van der Waals surface area contributed by atoms with Gasteiger partial charge in [-0.15, -0.1) is 0 Å². The maximum atomic E-state index is 13.4. The first-order valence-corrected chi connectivity index (χ1v) is 10.4.